The lowest BCUT2D eigenvalue weighted by Gasteiger charge is -2.12. The first-order valence-corrected chi connectivity index (χ1v) is 7.27. The van der Waals surface area contributed by atoms with Crippen LogP contribution >= 0.6 is 0 Å². The minimum absolute atomic E-state index is 0.0853. The van der Waals surface area contributed by atoms with E-state index in [2.05, 4.69) is 10.6 Å². The van der Waals surface area contributed by atoms with Gasteiger partial charge in [0.25, 0.3) is 17.3 Å². The molecule has 130 valence electrons. The van der Waals surface area contributed by atoms with E-state index < -0.39 is 27.1 Å². The molecule has 0 heterocycles. The number of amides is 1. The second kappa shape index (κ2) is 6.95. The lowest BCUT2D eigenvalue weighted by molar-refractivity contribution is -0.393. The second-order valence-corrected chi connectivity index (χ2v) is 5.42. The molecule has 0 unspecified atom stereocenters. The van der Waals surface area contributed by atoms with Crippen molar-refractivity contribution in [2.24, 2.45) is 0 Å². The Morgan fingerprint density at radius 3 is 2.24 bits per heavy atom. The summed E-state index contributed by atoms with van der Waals surface area (Å²) < 4.78 is 0. The van der Waals surface area contributed by atoms with E-state index in [1.54, 1.807) is 19.1 Å². The van der Waals surface area contributed by atoms with Crippen LogP contribution in [-0.2, 0) is 0 Å². The van der Waals surface area contributed by atoms with Gasteiger partial charge in [0.2, 0.25) is 0 Å². The molecule has 9 nitrogen and oxygen atoms in total. The van der Waals surface area contributed by atoms with Gasteiger partial charge in [-0.1, -0.05) is 17.7 Å². The molecule has 0 aliphatic carbocycles. The van der Waals surface area contributed by atoms with Gasteiger partial charge in [0.15, 0.2) is 0 Å². The predicted octanol–water partition coefficient (Wildman–Crippen LogP) is 3.41. The summed E-state index contributed by atoms with van der Waals surface area (Å²) in [5.41, 5.74) is 1.00. The van der Waals surface area contributed by atoms with E-state index in [0.717, 1.165) is 23.3 Å². The molecule has 0 saturated carbocycles. The lowest BCUT2D eigenvalue weighted by atomic mass is 10.1. The third kappa shape index (κ3) is 3.71. The molecule has 0 spiro atoms. The fourth-order valence-electron chi connectivity index (χ4n) is 2.45. The average molecular weight is 344 g/mol. The zero-order valence-electron chi connectivity index (χ0n) is 13.8. The maximum atomic E-state index is 12.6. The van der Waals surface area contributed by atoms with E-state index >= 15 is 0 Å². The van der Waals surface area contributed by atoms with E-state index in [4.69, 9.17) is 0 Å². The standard InChI is InChI=1S/C16H16N4O5/c1-9-4-5-13(10(2)6-9)18-16(21)12-7-11(19(22)23)8-14(20(24)25)15(12)17-3/h4-8,17H,1-3H3,(H,18,21). The summed E-state index contributed by atoms with van der Waals surface area (Å²) in [5.74, 6) is -0.678. The number of aryl methyl sites for hydroxylation is 2. The fourth-order valence-corrected chi connectivity index (χ4v) is 2.45. The number of nitro groups is 2. The van der Waals surface area contributed by atoms with Crippen molar-refractivity contribution in [3.8, 4) is 0 Å². The van der Waals surface area contributed by atoms with Gasteiger partial charge >= 0.3 is 0 Å². The zero-order chi connectivity index (χ0) is 18.7. The number of nitro benzene ring substituents is 2. The summed E-state index contributed by atoms with van der Waals surface area (Å²) in [4.78, 5) is 33.3. The smallest absolute Gasteiger partial charge is 0.300 e. The van der Waals surface area contributed by atoms with Gasteiger partial charge in [-0.2, -0.15) is 0 Å². The molecule has 0 radical (unpaired) electrons. The molecule has 0 fully saturated rings. The van der Waals surface area contributed by atoms with Gasteiger partial charge in [-0.25, -0.2) is 0 Å². The number of benzene rings is 2. The molecule has 0 aliphatic heterocycles. The van der Waals surface area contributed by atoms with Gasteiger partial charge in [0, 0.05) is 18.8 Å². The van der Waals surface area contributed by atoms with E-state index in [-0.39, 0.29) is 11.3 Å². The third-order valence-corrected chi connectivity index (χ3v) is 3.63. The Bertz CT molecular complexity index is 879. The van der Waals surface area contributed by atoms with Gasteiger partial charge < -0.3 is 10.6 Å². The molecule has 0 bridgehead atoms. The van der Waals surface area contributed by atoms with Crippen LogP contribution in [0.5, 0.6) is 0 Å². The first-order valence-electron chi connectivity index (χ1n) is 7.27. The molecular weight excluding hydrogens is 328 g/mol. The summed E-state index contributed by atoms with van der Waals surface area (Å²) in [6, 6.07) is 7.20. The Kier molecular flexibility index (Phi) is 4.97. The lowest BCUT2D eigenvalue weighted by Crippen LogP contribution is -2.16. The van der Waals surface area contributed by atoms with Gasteiger partial charge in [-0.05, 0) is 25.5 Å². The van der Waals surface area contributed by atoms with E-state index in [1.165, 1.54) is 7.05 Å². The van der Waals surface area contributed by atoms with Crippen LogP contribution < -0.4 is 10.6 Å². The van der Waals surface area contributed by atoms with Gasteiger partial charge in [0.1, 0.15) is 5.69 Å². The Hall–Kier alpha value is -3.49. The van der Waals surface area contributed by atoms with E-state index in [9.17, 15) is 25.0 Å². The highest BCUT2D eigenvalue weighted by atomic mass is 16.6. The molecule has 25 heavy (non-hydrogen) atoms. The normalized spacial score (nSPS) is 10.2. The van der Waals surface area contributed by atoms with Crippen molar-refractivity contribution in [2.45, 2.75) is 13.8 Å². The van der Waals surface area contributed by atoms with Crippen LogP contribution in [0.2, 0.25) is 0 Å². The summed E-state index contributed by atoms with van der Waals surface area (Å²) in [7, 11) is 1.40. The molecule has 0 atom stereocenters. The van der Waals surface area contributed by atoms with Crippen LogP contribution in [0.1, 0.15) is 21.5 Å². The van der Waals surface area contributed by atoms with Crippen LogP contribution in [0.4, 0.5) is 22.7 Å². The Morgan fingerprint density at radius 2 is 1.72 bits per heavy atom. The van der Waals surface area contributed by atoms with Crippen molar-refractivity contribution < 1.29 is 14.6 Å². The Morgan fingerprint density at radius 1 is 1.04 bits per heavy atom. The number of nitrogens with zero attached hydrogens (tertiary/aromatic N) is 2. The molecular formula is C16H16N4O5. The molecule has 2 aromatic carbocycles. The Balaban J connectivity index is 2.53. The van der Waals surface area contributed by atoms with Crippen LogP contribution in [0.3, 0.4) is 0 Å². The zero-order valence-corrected chi connectivity index (χ0v) is 13.8. The number of rotatable bonds is 5. The van der Waals surface area contributed by atoms with E-state index in [0.29, 0.717) is 5.69 Å². The SMILES string of the molecule is CNc1c(C(=O)Nc2ccc(C)cc2C)cc([N+](=O)[O-])cc1[N+](=O)[O-]. The number of carbonyl (C=O) groups excluding carboxylic acids is 1. The monoisotopic (exact) mass is 344 g/mol. The fraction of sp³-hybridized carbons (Fsp3) is 0.188. The van der Waals surface area contributed by atoms with Crippen LogP contribution in [0.15, 0.2) is 30.3 Å². The summed E-state index contributed by atoms with van der Waals surface area (Å²) in [6.45, 7) is 3.71. The first kappa shape index (κ1) is 17.9. The van der Waals surface area contributed by atoms with Crippen molar-refractivity contribution in [3.05, 3.63) is 67.3 Å². The molecule has 1 amide bonds. The summed E-state index contributed by atoms with van der Waals surface area (Å²) in [6.07, 6.45) is 0. The Labute approximate surface area is 143 Å². The maximum absolute atomic E-state index is 12.6. The van der Waals surface area contributed by atoms with Crippen LogP contribution in [-0.4, -0.2) is 22.8 Å². The maximum Gasteiger partial charge on any atom is 0.300 e. The number of hydrogen-bond donors (Lipinski definition) is 2. The van der Waals surface area contributed by atoms with Gasteiger partial charge in [-0.3, -0.25) is 25.0 Å². The number of nitrogens with one attached hydrogen (secondary N) is 2. The molecule has 2 N–H and O–H groups in total. The highest BCUT2D eigenvalue weighted by molar-refractivity contribution is 6.10. The minimum atomic E-state index is -0.777. The topological polar surface area (TPSA) is 127 Å². The van der Waals surface area contributed by atoms with Gasteiger partial charge in [-0.15, -0.1) is 0 Å². The van der Waals surface area contributed by atoms with Crippen LogP contribution in [0.25, 0.3) is 0 Å². The average Bonchev–Trinajstić information content (AvgIpc) is 2.55. The van der Waals surface area contributed by atoms with Gasteiger partial charge in [0.05, 0.1) is 21.5 Å². The summed E-state index contributed by atoms with van der Waals surface area (Å²) in [5, 5.41) is 27.4. The number of anilines is 2. The first-order chi connectivity index (χ1) is 11.7. The molecule has 2 aromatic rings. The van der Waals surface area contributed by atoms with Crippen molar-refractivity contribution in [3.63, 3.8) is 0 Å². The molecule has 0 aliphatic rings. The minimum Gasteiger partial charge on any atom is -0.382 e. The highest BCUT2D eigenvalue weighted by Gasteiger charge is 2.27. The number of non-ortho nitro benzene ring substituents is 1. The molecule has 2 rings (SSSR count). The predicted molar refractivity (Wildman–Crippen MR) is 93.2 cm³/mol. The van der Waals surface area contributed by atoms with Crippen molar-refractivity contribution in [1.29, 1.82) is 0 Å². The highest BCUT2D eigenvalue weighted by Crippen LogP contribution is 2.33. The number of carbonyl (C=O) groups is 1. The molecule has 0 saturated heterocycles. The molecule has 9 heteroatoms. The van der Waals surface area contributed by atoms with E-state index in [1.807, 2.05) is 13.0 Å². The largest absolute Gasteiger partial charge is 0.382 e. The van der Waals surface area contributed by atoms with Crippen molar-refractivity contribution >= 4 is 28.7 Å². The second-order valence-electron chi connectivity index (χ2n) is 5.42. The van der Waals surface area contributed by atoms with Crippen molar-refractivity contribution in [1.82, 2.24) is 0 Å². The van der Waals surface area contributed by atoms with Crippen molar-refractivity contribution in [2.75, 3.05) is 17.7 Å². The van der Waals surface area contributed by atoms with Crippen LogP contribution in [0, 0.1) is 34.1 Å². The molecule has 0 aromatic heterocycles. The summed E-state index contributed by atoms with van der Waals surface area (Å²) >= 11 is 0. The quantitative estimate of drug-likeness (QED) is 0.632. The third-order valence-electron chi connectivity index (χ3n) is 3.63. The number of hydrogen-bond acceptors (Lipinski definition) is 6.